The average molecular weight is 384 g/mol. The third-order valence-corrected chi connectivity index (χ3v) is 3.68. The fourth-order valence-corrected chi connectivity index (χ4v) is 2.43. The topological polar surface area (TPSA) is 154 Å². The van der Waals surface area contributed by atoms with Crippen molar-refractivity contribution in [3.63, 3.8) is 0 Å². The second-order valence-electron chi connectivity index (χ2n) is 5.43. The summed E-state index contributed by atoms with van der Waals surface area (Å²) < 4.78 is 15.5. The molecule has 1 amide bonds. The number of hydrazine groups is 1. The number of hydrogen-bond acceptors (Lipinski definition) is 10. The maximum absolute atomic E-state index is 11.9. The van der Waals surface area contributed by atoms with Crippen molar-refractivity contribution >= 4 is 28.9 Å². The predicted molar refractivity (Wildman–Crippen MR) is 94.3 cm³/mol. The predicted octanol–water partition coefficient (Wildman–Crippen LogP) is 2.21. The van der Waals surface area contributed by atoms with Crippen molar-refractivity contribution in [2.24, 2.45) is 0 Å². The third-order valence-electron chi connectivity index (χ3n) is 3.68. The number of nitrogens with zero attached hydrogens (tertiary/aromatic N) is 3. The molecule has 0 bridgehead atoms. The molecular weight excluding hydrogens is 372 g/mol. The quantitative estimate of drug-likeness (QED) is 0.425. The van der Waals surface area contributed by atoms with E-state index in [9.17, 15) is 14.9 Å². The summed E-state index contributed by atoms with van der Waals surface area (Å²) in [6.07, 6.45) is 2.44. The Morgan fingerprint density at radius 3 is 2.75 bits per heavy atom. The Kier molecular flexibility index (Phi) is 4.34. The van der Waals surface area contributed by atoms with E-state index in [1.165, 1.54) is 18.4 Å². The van der Waals surface area contributed by atoms with Gasteiger partial charge in [0, 0.05) is 11.8 Å². The van der Waals surface area contributed by atoms with Crippen molar-refractivity contribution in [3.05, 3.63) is 58.8 Å². The number of furan rings is 1. The first-order valence-electron chi connectivity index (χ1n) is 7.88. The van der Waals surface area contributed by atoms with Gasteiger partial charge in [0.2, 0.25) is 18.4 Å². The maximum Gasteiger partial charge on any atom is 0.355 e. The number of anilines is 3. The second kappa shape index (κ2) is 7.11. The van der Waals surface area contributed by atoms with Gasteiger partial charge >= 0.3 is 11.6 Å². The van der Waals surface area contributed by atoms with E-state index < -0.39 is 16.5 Å². The molecule has 142 valence electrons. The number of rotatable bonds is 6. The van der Waals surface area contributed by atoms with Crippen LogP contribution in [0.15, 0.2) is 47.3 Å². The lowest BCUT2D eigenvalue weighted by Gasteiger charge is -2.10. The number of benzene rings is 1. The van der Waals surface area contributed by atoms with Crippen LogP contribution in [0.4, 0.5) is 23.0 Å². The van der Waals surface area contributed by atoms with Gasteiger partial charge in [-0.1, -0.05) is 0 Å². The number of ether oxygens (including phenoxy) is 2. The average Bonchev–Trinajstić information content (AvgIpc) is 3.37. The molecule has 12 nitrogen and oxygen atoms in total. The van der Waals surface area contributed by atoms with Crippen LogP contribution in [0.5, 0.6) is 11.5 Å². The summed E-state index contributed by atoms with van der Waals surface area (Å²) >= 11 is 0. The smallest absolute Gasteiger partial charge is 0.355 e. The van der Waals surface area contributed by atoms with E-state index in [0.717, 1.165) is 6.33 Å². The number of amides is 1. The van der Waals surface area contributed by atoms with Crippen LogP contribution in [0.3, 0.4) is 0 Å². The highest BCUT2D eigenvalue weighted by Gasteiger charge is 2.24. The molecule has 3 heterocycles. The van der Waals surface area contributed by atoms with Crippen molar-refractivity contribution in [3.8, 4) is 11.5 Å². The molecule has 1 aliphatic heterocycles. The summed E-state index contributed by atoms with van der Waals surface area (Å²) in [7, 11) is 0. The minimum absolute atomic E-state index is 0.0305. The van der Waals surface area contributed by atoms with E-state index in [0.29, 0.717) is 17.2 Å². The summed E-state index contributed by atoms with van der Waals surface area (Å²) in [6, 6.07) is 7.93. The molecule has 28 heavy (non-hydrogen) atoms. The van der Waals surface area contributed by atoms with Crippen LogP contribution in [-0.4, -0.2) is 27.6 Å². The molecule has 1 aliphatic rings. The highest BCUT2D eigenvalue weighted by Crippen LogP contribution is 2.36. The van der Waals surface area contributed by atoms with Gasteiger partial charge in [0.25, 0.3) is 0 Å². The number of hydrogen-bond donors (Lipinski definition) is 3. The van der Waals surface area contributed by atoms with Crippen LogP contribution in [0.2, 0.25) is 0 Å². The number of nitrogens with one attached hydrogen (secondary N) is 3. The SMILES string of the molecule is O=C(NNc1ncnc(Nc2ccc3c(c2)OCO3)c1[N+](=O)[O-])c1ccco1. The molecule has 12 heteroatoms. The molecule has 2 aromatic heterocycles. The van der Waals surface area contributed by atoms with Gasteiger partial charge in [-0.25, -0.2) is 9.97 Å². The van der Waals surface area contributed by atoms with Gasteiger partial charge in [-0.15, -0.1) is 0 Å². The number of aromatic nitrogens is 2. The van der Waals surface area contributed by atoms with Gasteiger partial charge in [-0.3, -0.25) is 25.8 Å². The Balaban J connectivity index is 1.57. The summed E-state index contributed by atoms with van der Waals surface area (Å²) in [5.74, 6) is 0.208. The van der Waals surface area contributed by atoms with E-state index >= 15 is 0 Å². The minimum Gasteiger partial charge on any atom is -0.459 e. The molecule has 0 aliphatic carbocycles. The van der Waals surface area contributed by atoms with Gasteiger partial charge in [0.15, 0.2) is 17.3 Å². The Morgan fingerprint density at radius 2 is 1.96 bits per heavy atom. The Hall–Kier alpha value is -4.35. The van der Waals surface area contributed by atoms with Crippen molar-refractivity contribution in [1.29, 1.82) is 0 Å². The van der Waals surface area contributed by atoms with E-state index in [-0.39, 0.29) is 24.2 Å². The number of nitro groups is 1. The summed E-state index contributed by atoms with van der Waals surface area (Å²) in [5.41, 5.74) is 4.73. The van der Waals surface area contributed by atoms with Crippen LogP contribution in [0.25, 0.3) is 0 Å². The fourth-order valence-electron chi connectivity index (χ4n) is 2.43. The fraction of sp³-hybridized carbons (Fsp3) is 0.0625. The molecule has 0 spiro atoms. The van der Waals surface area contributed by atoms with Gasteiger partial charge in [0.1, 0.15) is 6.33 Å². The highest BCUT2D eigenvalue weighted by atomic mass is 16.7. The van der Waals surface area contributed by atoms with Gasteiger partial charge in [-0.05, 0) is 24.3 Å². The number of carbonyl (C=O) groups is 1. The minimum atomic E-state index is -0.670. The molecule has 0 saturated carbocycles. The molecule has 3 aromatic rings. The van der Waals surface area contributed by atoms with Crippen molar-refractivity contribution in [1.82, 2.24) is 15.4 Å². The van der Waals surface area contributed by atoms with Crippen molar-refractivity contribution in [2.75, 3.05) is 17.5 Å². The van der Waals surface area contributed by atoms with Gasteiger partial charge in [-0.2, -0.15) is 0 Å². The number of carbonyl (C=O) groups excluding carboxylic acids is 1. The third kappa shape index (κ3) is 3.33. The summed E-state index contributed by atoms with van der Waals surface area (Å²) in [5, 5.41) is 14.4. The van der Waals surface area contributed by atoms with Gasteiger partial charge in [0.05, 0.1) is 11.2 Å². The zero-order valence-electron chi connectivity index (χ0n) is 14.0. The largest absolute Gasteiger partial charge is 0.459 e. The standard InChI is InChI=1S/C16H12N6O6/c23-16(11-2-1-5-26-11)21-20-15-13(22(24)25)14(17-7-18-15)19-9-3-4-10-12(6-9)28-8-27-10/h1-7H,8H2,(H,21,23)(H2,17,18,19,20). The first kappa shape index (κ1) is 17.1. The van der Waals surface area contributed by atoms with Crippen molar-refractivity contribution in [2.45, 2.75) is 0 Å². The molecule has 1 aromatic carbocycles. The van der Waals surface area contributed by atoms with Crippen LogP contribution in [0, 0.1) is 10.1 Å². The molecule has 0 saturated heterocycles. The zero-order chi connectivity index (χ0) is 19.5. The molecule has 4 rings (SSSR count). The van der Waals surface area contributed by atoms with E-state index in [1.54, 1.807) is 18.2 Å². The van der Waals surface area contributed by atoms with Crippen LogP contribution < -0.4 is 25.6 Å². The molecule has 0 fully saturated rings. The number of fused-ring (bicyclic) bond motifs is 1. The Bertz CT molecular complexity index is 1040. The molecule has 0 radical (unpaired) electrons. The molecule has 0 atom stereocenters. The van der Waals surface area contributed by atoms with Crippen LogP contribution in [-0.2, 0) is 0 Å². The molecular formula is C16H12N6O6. The Morgan fingerprint density at radius 1 is 1.14 bits per heavy atom. The lowest BCUT2D eigenvalue weighted by Crippen LogP contribution is -2.30. The monoisotopic (exact) mass is 384 g/mol. The van der Waals surface area contributed by atoms with Crippen LogP contribution >= 0.6 is 0 Å². The lowest BCUT2D eigenvalue weighted by molar-refractivity contribution is -0.383. The summed E-state index contributed by atoms with van der Waals surface area (Å²) in [4.78, 5) is 30.6. The van der Waals surface area contributed by atoms with Crippen LogP contribution in [0.1, 0.15) is 10.6 Å². The second-order valence-corrected chi connectivity index (χ2v) is 5.43. The molecule has 0 unspecified atom stereocenters. The van der Waals surface area contributed by atoms with E-state index in [1.807, 2.05) is 0 Å². The molecule has 3 N–H and O–H groups in total. The lowest BCUT2D eigenvalue weighted by atomic mass is 10.2. The van der Waals surface area contributed by atoms with Crippen molar-refractivity contribution < 1.29 is 23.6 Å². The van der Waals surface area contributed by atoms with E-state index in [4.69, 9.17) is 13.9 Å². The van der Waals surface area contributed by atoms with E-state index in [2.05, 4.69) is 26.1 Å². The zero-order valence-corrected chi connectivity index (χ0v) is 14.0. The summed E-state index contributed by atoms with van der Waals surface area (Å²) in [6.45, 7) is 0.107. The normalized spacial score (nSPS) is 11.7. The van der Waals surface area contributed by atoms with Gasteiger partial charge < -0.3 is 19.2 Å². The highest BCUT2D eigenvalue weighted by molar-refractivity contribution is 5.92. The first-order chi connectivity index (χ1) is 13.6. The first-order valence-corrected chi connectivity index (χ1v) is 7.88. The Labute approximate surface area is 156 Å². The maximum atomic E-state index is 11.9.